The van der Waals surface area contributed by atoms with Gasteiger partial charge in [-0.15, -0.1) is 0 Å². The summed E-state index contributed by atoms with van der Waals surface area (Å²) in [7, 11) is 16.0. The van der Waals surface area contributed by atoms with E-state index >= 15 is 0 Å². The minimum atomic E-state index is -1.04. The van der Waals surface area contributed by atoms with Gasteiger partial charge in [0, 0.05) is 6.42 Å². The summed E-state index contributed by atoms with van der Waals surface area (Å²) in [5.74, 6) is 1.39. The van der Waals surface area contributed by atoms with Crippen molar-refractivity contribution in [1.29, 1.82) is 0 Å². The van der Waals surface area contributed by atoms with Gasteiger partial charge in [-0.3, -0.25) is 4.79 Å². The highest BCUT2D eigenvalue weighted by molar-refractivity contribution is 5.81. The SMILES string of the molecule is COc1ccc(C(OCC(CO)NC(=O)C(CCCC[N+](C)(C)C)[N+](C)(C)C)(c2ccccc2)c2ccc(OC)cc2)cc1. The molecule has 1 amide bonds. The van der Waals surface area contributed by atoms with Crippen LogP contribution in [0.25, 0.3) is 0 Å². The second kappa shape index (κ2) is 15.5. The number of ether oxygens (including phenoxy) is 3. The molecule has 0 fully saturated rings. The summed E-state index contributed by atoms with van der Waals surface area (Å²) in [6.45, 7) is 0.880. The fourth-order valence-corrected chi connectivity index (χ4v) is 5.53. The van der Waals surface area contributed by atoms with Gasteiger partial charge in [0.2, 0.25) is 0 Å². The predicted molar refractivity (Wildman–Crippen MR) is 176 cm³/mol. The van der Waals surface area contributed by atoms with Crippen molar-refractivity contribution >= 4 is 5.91 Å². The highest BCUT2D eigenvalue weighted by Crippen LogP contribution is 2.41. The highest BCUT2D eigenvalue weighted by Gasteiger charge is 2.39. The molecule has 0 aliphatic heterocycles. The van der Waals surface area contributed by atoms with Crippen LogP contribution in [-0.4, -0.2) is 108 Å². The Kier molecular flexibility index (Phi) is 12.4. The minimum Gasteiger partial charge on any atom is -0.497 e. The van der Waals surface area contributed by atoms with Gasteiger partial charge in [0.05, 0.1) is 82.3 Å². The van der Waals surface area contributed by atoms with Crippen LogP contribution in [0.5, 0.6) is 11.5 Å². The fourth-order valence-electron chi connectivity index (χ4n) is 5.53. The van der Waals surface area contributed by atoms with Crippen LogP contribution < -0.4 is 14.8 Å². The molecule has 3 aromatic rings. The molecule has 0 spiro atoms. The maximum Gasteiger partial charge on any atom is 0.278 e. The first kappa shape index (κ1) is 35.1. The number of aliphatic hydroxyl groups is 1. The normalized spacial score (nSPS) is 13.7. The third kappa shape index (κ3) is 9.29. The number of nitrogens with zero attached hydrogens (tertiary/aromatic N) is 2. The molecule has 0 aromatic heterocycles. The van der Waals surface area contributed by atoms with Crippen molar-refractivity contribution in [2.75, 3.05) is 76.3 Å². The van der Waals surface area contributed by atoms with E-state index in [0.29, 0.717) is 4.48 Å². The molecule has 0 bridgehead atoms. The molecule has 8 nitrogen and oxygen atoms in total. The van der Waals surface area contributed by atoms with E-state index in [9.17, 15) is 9.90 Å². The lowest BCUT2D eigenvalue weighted by Gasteiger charge is -2.38. The van der Waals surface area contributed by atoms with Crippen molar-refractivity contribution in [1.82, 2.24) is 5.32 Å². The lowest BCUT2D eigenvalue weighted by atomic mass is 9.80. The van der Waals surface area contributed by atoms with Crippen molar-refractivity contribution in [2.24, 2.45) is 0 Å². The molecule has 0 radical (unpaired) electrons. The van der Waals surface area contributed by atoms with Gasteiger partial charge in [-0.1, -0.05) is 54.6 Å². The standard InChI is InChI=1S/C36H52N3O5/c1-38(2,3)25-13-12-16-34(39(4,5)6)35(41)37-31(26-40)27-44-36(28-14-10-9-11-15-28,29-17-21-32(42-7)22-18-29)30-19-23-33(43-8)24-20-30/h9-11,14-15,17-24,31,34,40H,12-13,16,25-27H2,1-8H3/q+1/p+1. The number of unbranched alkanes of at least 4 members (excludes halogenated alkanes) is 1. The Morgan fingerprint density at radius 3 is 1.70 bits per heavy atom. The first-order valence-corrected chi connectivity index (χ1v) is 15.4. The van der Waals surface area contributed by atoms with Gasteiger partial charge in [-0.25, -0.2) is 0 Å². The number of aliphatic hydroxyl groups excluding tert-OH is 1. The van der Waals surface area contributed by atoms with Gasteiger partial charge in [0.15, 0.2) is 6.04 Å². The van der Waals surface area contributed by atoms with Crippen LogP contribution in [0.4, 0.5) is 0 Å². The second-order valence-electron chi connectivity index (χ2n) is 13.3. The molecule has 0 heterocycles. The van der Waals surface area contributed by atoms with Crippen molar-refractivity contribution in [2.45, 2.75) is 36.9 Å². The number of benzene rings is 3. The molecule has 0 saturated heterocycles. The molecule has 8 heteroatoms. The van der Waals surface area contributed by atoms with E-state index in [1.165, 1.54) is 0 Å². The smallest absolute Gasteiger partial charge is 0.278 e. The van der Waals surface area contributed by atoms with Crippen LogP contribution in [0, 0.1) is 0 Å². The molecule has 240 valence electrons. The average Bonchev–Trinajstić information content (AvgIpc) is 3.00. The molecule has 44 heavy (non-hydrogen) atoms. The van der Waals surface area contributed by atoms with E-state index in [2.05, 4.69) is 26.5 Å². The molecule has 3 aromatic carbocycles. The number of rotatable bonds is 17. The first-order chi connectivity index (χ1) is 20.8. The Labute approximate surface area is 264 Å². The first-order valence-electron chi connectivity index (χ1n) is 15.4. The number of quaternary nitrogens is 2. The zero-order valence-electron chi connectivity index (χ0n) is 27.9. The summed E-state index contributed by atoms with van der Waals surface area (Å²) in [5.41, 5.74) is 1.65. The van der Waals surface area contributed by atoms with E-state index in [-0.39, 0.29) is 25.2 Å². The van der Waals surface area contributed by atoms with Crippen molar-refractivity contribution in [3.63, 3.8) is 0 Å². The summed E-state index contributed by atoms with van der Waals surface area (Å²) in [6.07, 6.45) is 2.76. The summed E-state index contributed by atoms with van der Waals surface area (Å²) in [6, 6.07) is 24.8. The molecule has 0 saturated carbocycles. The summed E-state index contributed by atoms with van der Waals surface area (Å²) in [5, 5.41) is 13.6. The van der Waals surface area contributed by atoms with E-state index in [4.69, 9.17) is 14.2 Å². The van der Waals surface area contributed by atoms with Gasteiger partial charge < -0.3 is 33.6 Å². The number of carbonyl (C=O) groups is 1. The quantitative estimate of drug-likeness (QED) is 0.135. The molecular formula is C36H53N3O5+2. The second-order valence-corrected chi connectivity index (χ2v) is 13.3. The maximum absolute atomic E-state index is 13.7. The number of methoxy groups -OCH3 is 2. The van der Waals surface area contributed by atoms with Gasteiger partial charge in [-0.2, -0.15) is 0 Å². The molecule has 3 rings (SSSR count). The topological polar surface area (TPSA) is 77.0 Å². The zero-order chi connectivity index (χ0) is 32.4. The van der Waals surface area contributed by atoms with E-state index in [1.807, 2.05) is 100 Å². The monoisotopic (exact) mass is 607 g/mol. The molecule has 2 unspecified atom stereocenters. The van der Waals surface area contributed by atoms with Gasteiger partial charge >= 0.3 is 0 Å². The lowest BCUT2D eigenvalue weighted by Crippen LogP contribution is -2.57. The molecule has 2 N–H and O–H groups in total. The van der Waals surface area contributed by atoms with E-state index < -0.39 is 11.6 Å². The Balaban J connectivity index is 1.94. The van der Waals surface area contributed by atoms with Crippen LogP contribution in [0.1, 0.15) is 36.0 Å². The molecule has 2 atom stereocenters. The third-order valence-corrected chi connectivity index (χ3v) is 8.04. The maximum atomic E-state index is 13.7. The van der Waals surface area contributed by atoms with Crippen molar-refractivity contribution in [3.05, 3.63) is 95.6 Å². The number of likely N-dealkylation sites (N-methyl/N-ethyl adjacent to an activating group) is 1. The van der Waals surface area contributed by atoms with Crippen LogP contribution in [0.3, 0.4) is 0 Å². The van der Waals surface area contributed by atoms with Crippen molar-refractivity contribution < 1.29 is 33.1 Å². The zero-order valence-corrected chi connectivity index (χ0v) is 27.9. The number of nitrogens with one attached hydrogen (secondary N) is 1. The van der Waals surface area contributed by atoms with Gasteiger partial charge in [0.25, 0.3) is 5.91 Å². The Morgan fingerprint density at radius 2 is 1.27 bits per heavy atom. The lowest BCUT2D eigenvalue weighted by molar-refractivity contribution is -0.887. The van der Waals surface area contributed by atoms with Gasteiger partial charge in [-0.05, 0) is 53.8 Å². The Hall–Kier alpha value is -3.43. The third-order valence-electron chi connectivity index (χ3n) is 8.04. The Morgan fingerprint density at radius 1 is 0.773 bits per heavy atom. The van der Waals surface area contributed by atoms with Crippen molar-refractivity contribution in [3.8, 4) is 11.5 Å². The molecular weight excluding hydrogens is 554 g/mol. The van der Waals surface area contributed by atoms with Gasteiger partial charge in [0.1, 0.15) is 17.1 Å². The fraction of sp³-hybridized carbons (Fsp3) is 0.472. The van der Waals surface area contributed by atoms with Crippen LogP contribution in [0.15, 0.2) is 78.9 Å². The Bertz CT molecular complexity index is 1240. The van der Waals surface area contributed by atoms with E-state index in [0.717, 1.165) is 58.5 Å². The number of hydrogen-bond acceptors (Lipinski definition) is 5. The van der Waals surface area contributed by atoms with Crippen LogP contribution in [-0.2, 0) is 15.1 Å². The van der Waals surface area contributed by atoms with Crippen LogP contribution in [0.2, 0.25) is 0 Å². The van der Waals surface area contributed by atoms with E-state index in [1.54, 1.807) is 14.2 Å². The largest absolute Gasteiger partial charge is 0.497 e. The molecule has 0 aliphatic carbocycles. The number of carbonyl (C=O) groups excluding carboxylic acids is 1. The average molecular weight is 608 g/mol. The molecule has 0 aliphatic rings. The number of hydrogen-bond donors (Lipinski definition) is 2. The summed E-state index contributed by atoms with van der Waals surface area (Å²) < 4.78 is 19.2. The van der Waals surface area contributed by atoms with Crippen LogP contribution >= 0.6 is 0 Å². The summed E-state index contributed by atoms with van der Waals surface area (Å²) >= 11 is 0. The predicted octanol–water partition coefficient (Wildman–Crippen LogP) is 4.44. The highest BCUT2D eigenvalue weighted by atomic mass is 16.5. The minimum absolute atomic E-state index is 0.0791. The number of amides is 1. The summed E-state index contributed by atoms with van der Waals surface area (Å²) in [4.78, 5) is 13.7.